The fourth-order valence-electron chi connectivity index (χ4n) is 2.48. The molecule has 130 valence electrons. The number of benzene rings is 1. The fourth-order valence-corrected chi connectivity index (χ4v) is 2.48. The largest absolute Gasteiger partial charge is 0.383 e. The summed E-state index contributed by atoms with van der Waals surface area (Å²) in [6.45, 7) is 3.91. The Labute approximate surface area is 152 Å². The second-order valence-electron chi connectivity index (χ2n) is 5.04. The first-order valence-corrected chi connectivity index (χ1v) is 7.30. The molecule has 0 saturated carbocycles. The minimum Gasteiger partial charge on any atom is -0.383 e. The number of piperazine rings is 1. The van der Waals surface area contributed by atoms with Crippen molar-refractivity contribution in [2.75, 3.05) is 58.4 Å². The number of nitrogens with one attached hydrogen (secondary N) is 1. The molecule has 2 rings (SSSR count). The van der Waals surface area contributed by atoms with Gasteiger partial charge in [-0.1, -0.05) is 0 Å². The van der Waals surface area contributed by atoms with Crippen molar-refractivity contribution in [3.8, 4) is 0 Å². The first-order valence-electron chi connectivity index (χ1n) is 7.30. The Morgan fingerprint density at radius 3 is 2.57 bits per heavy atom. The van der Waals surface area contributed by atoms with Crippen molar-refractivity contribution in [2.45, 2.75) is 0 Å². The lowest BCUT2D eigenvalue weighted by atomic mass is 10.2. The zero-order valence-electron chi connectivity index (χ0n) is 13.4. The molecule has 8 heteroatoms. The van der Waals surface area contributed by atoms with Gasteiger partial charge in [-0.2, -0.15) is 0 Å². The summed E-state index contributed by atoms with van der Waals surface area (Å²) < 4.78 is 32.1. The van der Waals surface area contributed by atoms with E-state index in [-0.39, 0.29) is 24.0 Å². The quantitative estimate of drug-likeness (QED) is 0.336. The summed E-state index contributed by atoms with van der Waals surface area (Å²) in [5, 5.41) is 3.21. The van der Waals surface area contributed by atoms with Crippen LogP contribution in [0.25, 0.3) is 0 Å². The monoisotopic (exact) mass is 440 g/mol. The number of methoxy groups -OCH3 is 1. The normalized spacial score (nSPS) is 15.4. The number of nitrogens with zero attached hydrogens (tertiary/aromatic N) is 3. The highest BCUT2D eigenvalue weighted by atomic mass is 127. The van der Waals surface area contributed by atoms with Crippen LogP contribution in [0.15, 0.2) is 23.2 Å². The topological polar surface area (TPSA) is 40.1 Å². The molecule has 0 spiro atoms. The molecule has 1 saturated heterocycles. The molecule has 1 aromatic carbocycles. The first kappa shape index (κ1) is 19.9. The van der Waals surface area contributed by atoms with Crippen LogP contribution in [-0.2, 0) is 4.74 Å². The molecule has 1 fully saturated rings. The van der Waals surface area contributed by atoms with Gasteiger partial charge in [-0.15, -0.1) is 24.0 Å². The molecule has 0 aromatic heterocycles. The molecule has 1 aromatic rings. The number of guanidine groups is 1. The molecule has 0 bridgehead atoms. The summed E-state index contributed by atoms with van der Waals surface area (Å²) in [7, 11) is 3.38. The van der Waals surface area contributed by atoms with E-state index < -0.39 is 11.6 Å². The Morgan fingerprint density at radius 2 is 1.96 bits per heavy atom. The van der Waals surface area contributed by atoms with Crippen LogP contribution < -0.4 is 10.2 Å². The van der Waals surface area contributed by atoms with Crippen LogP contribution in [-0.4, -0.2) is 64.3 Å². The van der Waals surface area contributed by atoms with Gasteiger partial charge in [0.15, 0.2) is 5.96 Å². The first-order chi connectivity index (χ1) is 10.7. The number of rotatable bonds is 4. The summed E-state index contributed by atoms with van der Waals surface area (Å²) in [4.78, 5) is 8.20. The van der Waals surface area contributed by atoms with Gasteiger partial charge in [0.25, 0.3) is 0 Å². The average molecular weight is 440 g/mol. The lowest BCUT2D eigenvalue weighted by molar-refractivity contribution is 0.202. The zero-order valence-corrected chi connectivity index (χ0v) is 15.7. The van der Waals surface area contributed by atoms with Crippen LogP contribution in [0.5, 0.6) is 0 Å². The standard InChI is InChI=1S/C15H22F2N4O.HI/c1-18-15(19-5-10-22-2)21-8-6-20(7-9-21)14-11-12(16)3-4-13(14)17;/h3-4,11H,5-10H2,1-2H3,(H,18,19);1H. The third-order valence-corrected chi connectivity index (χ3v) is 3.63. The minimum atomic E-state index is -0.420. The Morgan fingerprint density at radius 1 is 1.26 bits per heavy atom. The highest BCUT2D eigenvalue weighted by Gasteiger charge is 2.21. The number of anilines is 1. The third-order valence-electron chi connectivity index (χ3n) is 3.63. The number of aliphatic imine (C=N–C) groups is 1. The van der Waals surface area contributed by atoms with Gasteiger partial charge in [-0.05, 0) is 12.1 Å². The third kappa shape index (κ3) is 5.45. The van der Waals surface area contributed by atoms with Gasteiger partial charge in [0, 0.05) is 52.9 Å². The van der Waals surface area contributed by atoms with Gasteiger partial charge in [0.2, 0.25) is 0 Å². The van der Waals surface area contributed by atoms with Gasteiger partial charge in [-0.25, -0.2) is 8.78 Å². The molecule has 0 amide bonds. The van der Waals surface area contributed by atoms with E-state index in [4.69, 9.17) is 4.74 Å². The van der Waals surface area contributed by atoms with Crippen LogP contribution in [0.4, 0.5) is 14.5 Å². The predicted molar refractivity (Wildman–Crippen MR) is 98.8 cm³/mol. The Bertz CT molecular complexity index is 522. The summed E-state index contributed by atoms with van der Waals surface area (Å²) in [5.41, 5.74) is 0.321. The maximum Gasteiger partial charge on any atom is 0.193 e. The molecule has 1 aliphatic heterocycles. The van der Waals surface area contributed by atoms with Crippen LogP contribution in [0.1, 0.15) is 0 Å². The van der Waals surface area contributed by atoms with E-state index in [2.05, 4.69) is 15.2 Å². The number of ether oxygens (including phenoxy) is 1. The molecular formula is C15H23F2IN4O. The van der Waals surface area contributed by atoms with Crippen molar-refractivity contribution in [1.82, 2.24) is 10.2 Å². The molecule has 0 aliphatic carbocycles. The second-order valence-corrected chi connectivity index (χ2v) is 5.04. The van der Waals surface area contributed by atoms with E-state index in [1.807, 2.05) is 4.90 Å². The summed E-state index contributed by atoms with van der Waals surface area (Å²) in [6, 6.07) is 3.55. The zero-order chi connectivity index (χ0) is 15.9. The van der Waals surface area contributed by atoms with Crippen molar-refractivity contribution in [1.29, 1.82) is 0 Å². The van der Waals surface area contributed by atoms with Crippen LogP contribution in [0.3, 0.4) is 0 Å². The van der Waals surface area contributed by atoms with Gasteiger partial charge in [-0.3, -0.25) is 4.99 Å². The molecule has 1 aliphatic rings. The molecule has 0 unspecified atom stereocenters. The van der Waals surface area contributed by atoms with Crippen LogP contribution in [0, 0.1) is 11.6 Å². The molecule has 1 heterocycles. The van der Waals surface area contributed by atoms with Gasteiger partial charge in [0.1, 0.15) is 11.6 Å². The maximum absolute atomic E-state index is 13.8. The molecule has 23 heavy (non-hydrogen) atoms. The summed E-state index contributed by atoms with van der Waals surface area (Å²) in [5.74, 6) is -0.00950. The molecule has 0 atom stereocenters. The average Bonchev–Trinajstić information content (AvgIpc) is 2.54. The van der Waals surface area contributed by atoms with E-state index in [0.29, 0.717) is 45.0 Å². The predicted octanol–water partition coefficient (Wildman–Crippen LogP) is 1.93. The molecule has 0 radical (unpaired) electrons. The van der Waals surface area contributed by atoms with E-state index in [0.717, 1.165) is 12.0 Å². The molecule has 5 nitrogen and oxygen atoms in total. The number of hydrogen-bond acceptors (Lipinski definition) is 3. The van der Waals surface area contributed by atoms with E-state index in [1.165, 1.54) is 12.1 Å². The Balaban J connectivity index is 0.00000264. The van der Waals surface area contributed by atoms with E-state index in [1.54, 1.807) is 14.2 Å². The Kier molecular flexibility index (Phi) is 8.53. The van der Waals surface area contributed by atoms with Crippen molar-refractivity contribution in [3.05, 3.63) is 29.8 Å². The van der Waals surface area contributed by atoms with Crippen molar-refractivity contribution >= 4 is 35.6 Å². The molecular weight excluding hydrogens is 417 g/mol. The van der Waals surface area contributed by atoms with Crippen LogP contribution in [0.2, 0.25) is 0 Å². The van der Waals surface area contributed by atoms with Gasteiger partial charge in [0.05, 0.1) is 12.3 Å². The highest BCUT2D eigenvalue weighted by molar-refractivity contribution is 14.0. The summed E-state index contributed by atoms with van der Waals surface area (Å²) in [6.07, 6.45) is 0. The minimum absolute atomic E-state index is 0. The summed E-state index contributed by atoms with van der Waals surface area (Å²) >= 11 is 0. The number of halogens is 3. The lowest BCUT2D eigenvalue weighted by Crippen LogP contribution is -2.53. The SMILES string of the molecule is CN=C(NCCOC)N1CCN(c2cc(F)ccc2F)CC1.I. The second kappa shape index (κ2) is 9.86. The Hall–Kier alpha value is -1.16. The molecule has 1 N–H and O–H groups in total. The van der Waals surface area contributed by atoms with Gasteiger partial charge < -0.3 is 19.9 Å². The van der Waals surface area contributed by atoms with E-state index >= 15 is 0 Å². The van der Waals surface area contributed by atoms with Gasteiger partial charge >= 0.3 is 0 Å². The number of hydrogen-bond donors (Lipinski definition) is 1. The van der Waals surface area contributed by atoms with Crippen LogP contribution >= 0.6 is 24.0 Å². The highest BCUT2D eigenvalue weighted by Crippen LogP contribution is 2.21. The van der Waals surface area contributed by atoms with Crippen molar-refractivity contribution < 1.29 is 13.5 Å². The smallest absolute Gasteiger partial charge is 0.193 e. The van der Waals surface area contributed by atoms with Crippen molar-refractivity contribution in [2.24, 2.45) is 4.99 Å². The fraction of sp³-hybridized carbons (Fsp3) is 0.533. The lowest BCUT2D eigenvalue weighted by Gasteiger charge is -2.37. The van der Waals surface area contributed by atoms with E-state index in [9.17, 15) is 8.78 Å². The maximum atomic E-state index is 13.8. The van der Waals surface area contributed by atoms with Crippen molar-refractivity contribution in [3.63, 3.8) is 0 Å².